The van der Waals surface area contributed by atoms with Crippen molar-refractivity contribution in [3.63, 3.8) is 0 Å². The van der Waals surface area contributed by atoms with Crippen molar-refractivity contribution in [3.05, 3.63) is 30.0 Å². The third-order valence-corrected chi connectivity index (χ3v) is 1.38. The largest absolute Gasteiger partial charge is 0.481 e. The maximum Gasteiger partial charge on any atom is 0.213 e. The molecule has 3 nitrogen and oxygen atoms in total. The molecule has 1 N–H and O–H groups in total. The molecule has 1 rings (SSSR count). The van der Waals surface area contributed by atoms with E-state index in [0.29, 0.717) is 5.88 Å². The van der Waals surface area contributed by atoms with Gasteiger partial charge in [0.15, 0.2) is 0 Å². The molecule has 1 aromatic rings. The van der Waals surface area contributed by atoms with Crippen molar-refractivity contribution < 1.29 is 9.84 Å². The lowest BCUT2D eigenvalue weighted by atomic mass is 10.2. The van der Waals surface area contributed by atoms with E-state index in [2.05, 4.69) is 4.98 Å². The van der Waals surface area contributed by atoms with E-state index in [1.165, 1.54) is 0 Å². The molecule has 0 spiro atoms. The van der Waals surface area contributed by atoms with Crippen LogP contribution < -0.4 is 4.74 Å². The minimum atomic E-state index is 0.0463. The summed E-state index contributed by atoms with van der Waals surface area (Å²) < 4.78 is 4.93. The second-order valence-electron chi connectivity index (χ2n) is 2.22. The topological polar surface area (TPSA) is 42.4 Å². The number of pyridine rings is 1. The van der Waals surface area contributed by atoms with E-state index in [0.717, 1.165) is 5.56 Å². The van der Waals surface area contributed by atoms with Crippen molar-refractivity contribution in [2.75, 3.05) is 13.7 Å². The molecular weight excluding hydrogens is 154 g/mol. The van der Waals surface area contributed by atoms with Gasteiger partial charge in [0.25, 0.3) is 0 Å². The third kappa shape index (κ3) is 2.36. The van der Waals surface area contributed by atoms with Gasteiger partial charge in [0.2, 0.25) is 5.88 Å². The van der Waals surface area contributed by atoms with Crippen LogP contribution in [0.4, 0.5) is 0 Å². The summed E-state index contributed by atoms with van der Waals surface area (Å²) in [6, 6.07) is 3.64. The van der Waals surface area contributed by atoms with Crippen LogP contribution in [0.3, 0.4) is 0 Å². The molecule has 12 heavy (non-hydrogen) atoms. The molecule has 0 fully saturated rings. The Bertz CT molecular complexity index is 271. The zero-order valence-corrected chi connectivity index (χ0v) is 6.90. The van der Waals surface area contributed by atoms with E-state index in [-0.39, 0.29) is 6.61 Å². The second-order valence-corrected chi connectivity index (χ2v) is 2.22. The fourth-order valence-corrected chi connectivity index (χ4v) is 0.829. The summed E-state index contributed by atoms with van der Waals surface area (Å²) in [5.41, 5.74) is 0.968. The van der Waals surface area contributed by atoms with Gasteiger partial charge in [-0.1, -0.05) is 12.2 Å². The first-order valence-electron chi connectivity index (χ1n) is 3.64. The Morgan fingerprint density at radius 2 is 2.50 bits per heavy atom. The Morgan fingerprint density at radius 3 is 3.17 bits per heavy atom. The number of hydrogen-bond acceptors (Lipinski definition) is 3. The minimum absolute atomic E-state index is 0.0463. The molecule has 0 saturated carbocycles. The summed E-state index contributed by atoms with van der Waals surface area (Å²) in [5, 5.41) is 8.52. The predicted octanol–water partition coefficient (Wildman–Crippen LogP) is 1.10. The van der Waals surface area contributed by atoms with Crippen molar-refractivity contribution in [1.29, 1.82) is 0 Å². The number of ether oxygens (including phenoxy) is 1. The normalized spacial score (nSPS) is 10.5. The highest BCUT2D eigenvalue weighted by Gasteiger charge is 1.91. The van der Waals surface area contributed by atoms with E-state index in [9.17, 15) is 0 Å². The van der Waals surface area contributed by atoms with Gasteiger partial charge < -0.3 is 9.84 Å². The Balaban J connectivity index is 2.79. The van der Waals surface area contributed by atoms with Crippen molar-refractivity contribution in [2.24, 2.45) is 0 Å². The molecule has 0 atom stereocenters. The maximum atomic E-state index is 8.52. The van der Waals surface area contributed by atoms with Gasteiger partial charge in [0, 0.05) is 12.3 Å². The standard InChI is InChI=1S/C9H11NO2/c1-12-9-7-8(3-2-6-11)4-5-10-9/h2-5,7,11H,6H2,1H3/b3-2+. The fourth-order valence-electron chi connectivity index (χ4n) is 0.829. The summed E-state index contributed by atoms with van der Waals surface area (Å²) in [7, 11) is 1.57. The zero-order valence-electron chi connectivity index (χ0n) is 6.90. The van der Waals surface area contributed by atoms with E-state index in [1.54, 1.807) is 25.4 Å². The van der Waals surface area contributed by atoms with Crippen LogP contribution >= 0.6 is 0 Å². The molecule has 1 heterocycles. The van der Waals surface area contributed by atoms with E-state index in [1.807, 2.05) is 12.1 Å². The number of hydrogen-bond donors (Lipinski definition) is 1. The molecule has 0 aliphatic heterocycles. The molecule has 0 amide bonds. The molecule has 0 unspecified atom stereocenters. The molecular formula is C9H11NO2. The number of aromatic nitrogens is 1. The minimum Gasteiger partial charge on any atom is -0.481 e. The van der Waals surface area contributed by atoms with Crippen molar-refractivity contribution in [1.82, 2.24) is 4.98 Å². The number of aliphatic hydroxyl groups excluding tert-OH is 1. The molecule has 64 valence electrons. The molecule has 0 aliphatic carbocycles. The summed E-state index contributed by atoms with van der Waals surface area (Å²) in [6.45, 7) is 0.0463. The van der Waals surface area contributed by atoms with Crippen LogP contribution in [-0.4, -0.2) is 23.8 Å². The van der Waals surface area contributed by atoms with Gasteiger partial charge in [-0.15, -0.1) is 0 Å². The quantitative estimate of drug-likeness (QED) is 0.729. The third-order valence-electron chi connectivity index (χ3n) is 1.38. The lowest BCUT2D eigenvalue weighted by molar-refractivity contribution is 0.343. The van der Waals surface area contributed by atoms with Crippen molar-refractivity contribution >= 4 is 6.08 Å². The Morgan fingerprint density at radius 1 is 1.67 bits per heavy atom. The number of aliphatic hydroxyl groups is 1. The zero-order chi connectivity index (χ0) is 8.81. The molecule has 0 radical (unpaired) electrons. The van der Waals surface area contributed by atoms with Crippen LogP contribution in [0.2, 0.25) is 0 Å². The fraction of sp³-hybridized carbons (Fsp3) is 0.222. The average Bonchev–Trinajstić information content (AvgIpc) is 2.15. The molecule has 0 bridgehead atoms. The Labute approximate surface area is 71.3 Å². The van der Waals surface area contributed by atoms with Gasteiger partial charge in [-0.25, -0.2) is 4.98 Å². The smallest absolute Gasteiger partial charge is 0.213 e. The number of nitrogens with zero attached hydrogens (tertiary/aromatic N) is 1. The maximum absolute atomic E-state index is 8.52. The van der Waals surface area contributed by atoms with Crippen LogP contribution in [0.5, 0.6) is 5.88 Å². The molecule has 0 aliphatic rings. The molecule has 0 aromatic carbocycles. The van der Waals surface area contributed by atoms with Crippen LogP contribution in [0, 0.1) is 0 Å². The summed E-state index contributed by atoms with van der Waals surface area (Å²) in [5.74, 6) is 0.579. The Kier molecular flexibility index (Phi) is 3.29. The second kappa shape index (κ2) is 4.51. The summed E-state index contributed by atoms with van der Waals surface area (Å²) >= 11 is 0. The first kappa shape index (κ1) is 8.74. The van der Waals surface area contributed by atoms with Crippen LogP contribution in [0.1, 0.15) is 5.56 Å². The lowest BCUT2D eigenvalue weighted by Gasteiger charge is -1.97. The Hall–Kier alpha value is -1.35. The average molecular weight is 165 g/mol. The first-order chi connectivity index (χ1) is 5.86. The SMILES string of the molecule is COc1cc(/C=C/CO)ccn1. The highest BCUT2D eigenvalue weighted by Crippen LogP contribution is 2.09. The van der Waals surface area contributed by atoms with E-state index < -0.39 is 0 Å². The lowest BCUT2D eigenvalue weighted by Crippen LogP contribution is -1.86. The predicted molar refractivity (Wildman–Crippen MR) is 46.9 cm³/mol. The van der Waals surface area contributed by atoms with Gasteiger partial charge in [-0.2, -0.15) is 0 Å². The monoisotopic (exact) mass is 165 g/mol. The highest BCUT2D eigenvalue weighted by molar-refractivity contribution is 5.49. The van der Waals surface area contributed by atoms with E-state index in [4.69, 9.17) is 9.84 Å². The van der Waals surface area contributed by atoms with Gasteiger partial charge in [-0.05, 0) is 11.6 Å². The van der Waals surface area contributed by atoms with Crippen LogP contribution in [0.25, 0.3) is 6.08 Å². The van der Waals surface area contributed by atoms with Crippen molar-refractivity contribution in [3.8, 4) is 5.88 Å². The van der Waals surface area contributed by atoms with Gasteiger partial charge in [-0.3, -0.25) is 0 Å². The van der Waals surface area contributed by atoms with Crippen LogP contribution in [-0.2, 0) is 0 Å². The van der Waals surface area contributed by atoms with Crippen molar-refractivity contribution in [2.45, 2.75) is 0 Å². The number of methoxy groups -OCH3 is 1. The number of rotatable bonds is 3. The molecule has 0 saturated heterocycles. The summed E-state index contributed by atoms with van der Waals surface area (Å²) in [4.78, 5) is 3.95. The van der Waals surface area contributed by atoms with Crippen LogP contribution in [0.15, 0.2) is 24.4 Å². The summed E-state index contributed by atoms with van der Waals surface area (Å²) in [6.07, 6.45) is 5.13. The molecule has 3 heteroatoms. The van der Waals surface area contributed by atoms with Gasteiger partial charge in [0.05, 0.1) is 13.7 Å². The first-order valence-corrected chi connectivity index (χ1v) is 3.64. The molecule has 1 aromatic heterocycles. The van der Waals surface area contributed by atoms with E-state index >= 15 is 0 Å². The van der Waals surface area contributed by atoms with Gasteiger partial charge >= 0.3 is 0 Å². The van der Waals surface area contributed by atoms with Gasteiger partial charge in [0.1, 0.15) is 0 Å². The highest BCUT2D eigenvalue weighted by atomic mass is 16.5.